The Bertz CT molecular complexity index is 1580. The number of amidine groups is 1. The predicted molar refractivity (Wildman–Crippen MR) is 148 cm³/mol. The lowest BCUT2D eigenvalue weighted by atomic mass is 10.0. The number of aliphatic carboxylic acids is 1. The predicted octanol–water partition coefficient (Wildman–Crippen LogP) is 2.36. The number of ether oxygens (including phenoxy) is 3. The molecule has 212 valence electrons. The zero-order valence-electron chi connectivity index (χ0n) is 22.0. The number of nitrogen functional groups attached to an aromatic ring is 1. The van der Waals surface area contributed by atoms with Crippen LogP contribution in [0.2, 0.25) is 0 Å². The number of fused-ring (bicyclic) bond motifs is 1. The van der Waals surface area contributed by atoms with Crippen molar-refractivity contribution in [2.75, 3.05) is 18.7 Å². The van der Waals surface area contributed by atoms with Crippen LogP contribution in [0.3, 0.4) is 0 Å². The molecule has 0 saturated carbocycles. The van der Waals surface area contributed by atoms with Gasteiger partial charge in [-0.1, -0.05) is 12.7 Å². The van der Waals surface area contributed by atoms with E-state index in [0.29, 0.717) is 35.2 Å². The lowest BCUT2D eigenvalue weighted by molar-refractivity contribution is -0.134. The molecule has 2 aromatic carbocycles. The summed E-state index contributed by atoms with van der Waals surface area (Å²) in [7, 11) is 0. The molecule has 14 nitrogen and oxygen atoms in total. The lowest BCUT2D eigenvalue weighted by Gasteiger charge is -2.24. The van der Waals surface area contributed by atoms with E-state index in [9.17, 15) is 4.79 Å². The number of benzene rings is 2. The Morgan fingerprint density at radius 3 is 2.68 bits per heavy atom. The minimum absolute atomic E-state index is 0.0345. The molecule has 1 aliphatic rings. The van der Waals surface area contributed by atoms with Crippen molar-refractivity contribution in [1.82, 2.24) is 24.7 Å². The summed E-state index contributed by atoms with van der Waals surface area (Å²) in [5, 5.41) is 23.0. The zero-order chi connectivity index (χ0) is 29.4. The van der Waals surface area contributed by atoms with Crippen LogP contribution in [0.4, 0.5) is 5.69 Å². The number of carboxylic acid groups (broad SMARTS) is 1. The Morgan fingerprint density at radius 1 is 1.32 bits per heavy atom. The molecule has 1 aliphatic heterocycles. The number of anilines is 1. The largest absolute Gasteiger partial charge is 0.486 e. The number of aromatic nitrogens is 5. The molecule has 41 heavy (non-hydrogen) atoms. The molecule has 4 aromatic rings. The molecule has 0 fully saturated rings. The molecule has 2 aromatic heterocycles. The number of nitrogens with two attached hydrogens (primary N) is 1. The zero-order valence-corrected chi connectivity index (χ0v) is 22.0. The van der Waals surface area contributed by atoms with Crippen molar-refractivity contribution in [2.24, 2.45) is 5.73 Å². The van der Waals surface area contributed by atoms with E-state index in [4.69, 9.17) is 35.3 Å². The summed E-state index contributed by atoms with van der Waals surface area (Å²) in [6.45, 7) is 5.53. The highest BCUT2D eigenvalue weighted by atomic mass is 16.7. The third-order valence-corrected chi connectivity index (χ3v) is 5.55. The van der Waals surface area contributed by atoms with Crippen molar-refractivity contribution in [2.45, 2.75) is 19.6 Å². The highest BCUT2D eigenvalue weighted by molar-refractivity contribution is 5.95. The van der Waals surface area contributed by atoms with Crippen LogP contribution in [0.1, 0.15) is 35.5 Å². The monoisotopic (exact) mass is 560 g/mol. The molecular formula is C27H28N8O6. The van der Waals surface area contributed by atoms with Crippen molar-refractivity contribution in [1.29, 1.82) is 5.41 Å². The third-order valence-electron chi connectivity index (χ3n) is 5.55. The van der Waals surface area contributed by atoms with Gasteiger partial charge in [0, 0.05) is 36.1 Å². The van der Waals surface area contributed by atoms with Crippen molar-refractivity contribution in [3.8, 4) is 17.4 Å². The summed E-state index contributed by atoms with van der Waals surface area (Å²) in [5.74, 6) is 0.704. The molecule has 5 rings (SSSR count). The van der Waals surface area contributed by atoms with Gasteiger partial charge in [-0.15, -0.1) is 9.78 Å². The fourth-order valence-electron chi connectivity index (χ4n) is 3.86. The first-order chi connectivity index (χ1) is 19.8. The van der Waals surface area contributed by atoms with E-state index >= 15 is 0 Å². The van der Waals surface area contributed by atoms with Gasteiger partial charge in [-0.2, -0.15) is 0 Å². The molecule has 3 heterocycles. The molecule has 14 heteroatoms. The van der Waals surface area contributed by atoms with E-state index in [1.807, 2.05) is 12.1 Å². The number of nitrogens with zero attached hydrogens (tertiary/aromatic N) is 4. The van der Waals surface area contributed by atoms with E-state index in [0.717, 1.165) is 22.7 Å². The van der Waals surface area contributed by atoms with Gasteiger partial charge in [0.15, 0.2) is 24.1 Å². The number of H-pyrrole nitrogens is 1. The Kier molecular flexibility index (Phi) is 9.06. The fourth-order valence-corrected chi connectivity index (χ4v) is 3.86. The average Bonchev–Trinajstić information content (AvgIpc) is 3.36. The molecule has 0 aliphatic carbocycles. The Hall–Kier alpha value is -5.50. The smallest absolute Gasteiger partial charge is 0.350 e. The quantitative estimate of drug-likeness (QED) is 0.114. The van der Waals surface area contributed by atoms with Gasteiger partial charge in [-0.05, 0) is 48.0 Å². The van der Waals surface area contributed by atoms with Crippen LogP contribution >= 0.6 is 0 Å². The SMILES string of the molecule is C=CCOc1cc([C@H](Nc2ccc(C(=N)N)cc2)c2nn(-c3ncccn3)c(=O)[nH]2)cc2c1OCOC2.CC(=O)O. The fraction of sp³-hybridized carbons (Fsp3) is 0.185. The summed E-state index contributed by atoms with van der Waals surface area (Å²) in [5.41, 5.74) is 7.92. The minimum Gasteiger partial charge on any atom is -0.486 e. The standard InChI is InChI=1S/C25H24N8O4.C2H4O2/c1-2-10-36-19-12-16(11-17-13-35-14-37-21(17)19)20(30-18-6-4-15(5-7-18)22(26)27)23-31-25(34)33(32-23)24-28-8-3-9-29-24;1-2(3)4/h2-9,11-12,20,30H,1,10,13-14H2,(H3,26,27)(H,31,32,34);1H3,(H,3,4)/t20-;/m0./s1. The Labute approximate surface area is 233 Å². The van der Waals surface area contributed by atoms with Gasteiger partial charge in [0.25, 0.3) is 11.9 Å². The first-order valence-corrected chi connectivity index (χ1v) is 12.2. The topological polar surface area (TPSA) is 203 Å². The maximum Gasteiger partial charge on any atom is 0.350 e. The molecule has 0 radical (unpaired) electrons. The first kappa shape index (κ1) is 28.5. The van der Waals surface area contributed by atoms with Gasteiger partial charge in [0.05, 0.1) is 6.61 Å². The van der Waals surface area contributed by atoms with Crippen molar-refractivity contribution in [3.05, 3.63) is 101 Å². The molecule has 0 saturated heterocycles. The Balaban J connectivity index is 0.000000909. The highest BCUT2D eigenvalue weighted by Gasteiger charge is 2.26. The van der Waals surface area contributed by atoms with Crippen molar-refractivity contribution < 1.29 is 24.1 Å². The van der Waals surface area contributed by atoms with E-state index in [2.05, 4.69) is 31.9 Å². The van der Waals surface area contributed by atoms with Gasteiger partial charge in [-0.3, -0.25) is 15.2 Å². The van der Waals surface area contributed by atoms with Gasteiger partial charge < -0.3 is 30.4 Å². The number of rotatable bonds is 9. The van der Waals surface area contributed by atoms with Gasteiger partial charge in [-0.25, -0.2) is 14.8 Å². The Morgan fingerprint density at radius 2 is 2.02 bits per heavy atom. The van der Waals surface area contributed by atoms with Gasteiger partial charge in [0.2, 0.25) is 0 Å². The molecule has 1 atom stereocenters. The lowest BCUT2D eigenvalue weighted by Crippen LogP contribution is -2.18. The number of hydrogen-bond acceptors (Lipinski definition) is 10. The second-order valence-electron chi connectivity index (χ2n) is 8.58. The van der Waals surface area contributed by atoms with Crippen LogP contribution in [0.5, 0.6) is 11.5 Å². The molecular weight excluding hydrogens is 532 g/mol. The van der Waals surface area contributed by atoms with E-state index in [1.165, 1.54) is 12.4 Å². The van der Waals surface area contributed by atoms with E-state index < -0.39 is 17.7 Å². The average molecular weight is 561 g/mol. The van der Waals surface area contributed by atoms with Crippen LogP contribution < -0.4 is 26.2 Å². The number of nitrogens with one attached hydrogen (secondary N) is 3. The molecule has 0 amide bonds. The second-order valence-corrected chi connectivity index (χ2v) is 8.58. The summed E-state index contributed by atoms with van der Waals surface area (Å²) in [6, 6.07) is 11.8. The maximum absolute atomic E-state index is 12.8. The van der Waals surface area contributed by atoms with Crippen LogP contribution in [0.15, 0.2) is 72.3 Å². The molecule has 0 spiro atoms. The normalized spacial score (nSPS) is 12.5. The van der Waals surface area contributed by atoms with Crippen LogP contribution in [-0.4, -0.2) is 55.0 Å². The van der Waals surface area contributed by atoms with Crippen LogP contribution in [0, 0.1) is 5.41 Å². The third kappa shape index (κ3) is 7.13. The first-order valence-electron chi connectivity index (χ1n) is 12.2. The number of aromatic amines is 1. The van der Waals surface area contributed by atoms with Crippen LogP contribution in [-0.2, 0) is 16.1 Å². The summed E-state index contributed by atoms with van der Waals surface area (Å²) in [4.78, 5) is 32.9. The summed E-state index contributed by atoms with van der Waals surface area (Å²) < 4.78 is 18.2. The number of carboxylic acids is 1. The molecule has 0 unspecified atom stereocenters. The summed E-state index contributed by atoms with van der Waals surface area (Å²) in [6.07, 6.45) is 4.70. The van der Waals surface area contributed by atoms with Gasteiger partial charge >= 0.3 is 5.69 Å². The molecule has 6 N–H and O–H groups in total. The minimum atomic E-state index is -0.833. The molecule has 0 bridgehead atoms. The second kappa shape index (κ2) is 13.0. The maximum atomic E-state index is 12.8. The van der Waals surface area contributed by atoms with E-state index in [1.54, 1.807) is 36.4 Å². The van der Waals surface area contributed by atoms with Gasteiger partial charge in [0.1, 0.15) is 18.5 Å². The summed E-state index contributed by atoms with van der Waals surface area (Å²) >= 11 is 0. The number of hydrogen-bond donors (Lipinski definition) is 5. The van der Waals surface area contributed by atoms with Crippen molar-refractivity contribution >= 4 is 17.5 Å². The number of carbonyl (C=O) groups is 1. The van der Waals surface area contributed by atoms with Crippen LogP contribution in [0.25, 0.3) is 5.95 Å². The van der Waals surface area contributed by atoms with E-state index in [-0.39, 0.29) is 25.2 Å². The highest BCUT2D eigenvalue weighted by Crippen LogP contribution is 2.39. The van der Waals surface area contributed by atoms with Crippen molar-refractivity contribution in [3.63, 3.8) is 0 Å².